The summed E-state index contributed by atoms with van der Waals surface area (Å²) in [5.74, 6) is -0.529. The van der Waals surface area contributed by atoms with E-state index < -0.39 is 17.7 Å². The predicted molar refractivity (Wildman–Crippen MR) is 78.0 cm³/mol. The van der Waals surface area contributed by atoms with Gasteiger partial charge in [-0.3, -0.25) is 0 Å². The number of carbonyl (C=O) groups excluding carboxylic acids is 1. The second-order valence-corrected chi connectivity index (χ2v) is 5.29. The SMILES string of the molecule is [B]Cc1nc(-c2ccc(C(F)(F)F)cc2)sc1C(=O)OCC. The summed E-state index contributed by atoms with van der Waals surface area (Å²) in [5.41, 5.74) is 0.124. The molecule has 114 valence electrons. The number of carbonyl (C=O) groups is 1. The van der Waals surface area contributed by atoms with Gasteiger partial charge in [-0.15, -0.1) is 11.3 Å². The van der Waals surface area contributed by atoms with Crippen molar-refractivity contribution < 1.29 is 22.7 Å². The Morgan fingerprint density at radius 1 is 1.32 bits per heavy atom. The third-order valence-electron chi connectivity index (χ3n) is 2.81. The van der Waals surface area contributed by atoms with Crippen LogP contribution < -0.4 is 0 Å². The Morgan fingerprint density at radius 3 is 2.45 bits per heavy atom. The molecule has 0 unspecified atom stereocenters. The molecule has 1 heterocycles. The van der Waals surface area contributed by atoms with Crippen LogP contribution in [0.2, 0.25) is 0 Å². The van der Waals surface area contributed by atoms with E-state index in [2.05, 4.69) is 4.98 Å². The van der Waals surface area contributed by atoms with Crippen LogP contribution in [0.15, 0.2) is 24.3 Å². The summed E-state index contributed by atoms with van der Waals surface area (Å²) in [4.78, 5) is 16.3. The van der Waals surface area contributed by atoms with E-state index in [0.717, 1.165) is 23.5 Å². The highest BCUT2D eigenvalue weighted by molar-refractivity contribution is 7.17. The fraction of sp³-hybridized carbons (Fsp3) is 0.286. The zero-order valence-corrected chi connectivity index (χ0v) is 12.4. The molecule has 0 aliphatic carbocycles. The average molecular weight is 325 g/mol. The first-order valence-electron chi connectivity index (χ1n) is 6.41. The minimum absolute atomic E-state index is 0.0469. The minimum atomic E-state index is -4.39. The van der Waals surface area contributed by atoms with Crippen LogP contribution in [0.4, 0.5) is 13.2 Å². The molecular weight excluding hydrogens is 314 g/mol. The maximum atomic E-state index is 12.5. The van der Waals surface area contributed by atoms with Crippen LogP contribution >= 0.6 is 11.3 Å². The van der Waals surface area contributed by atoms with E-state index in [0.29, 0.717) is 16.3 Å². The summed E-state index contributed by atoms with van der Waals surface area (Å²) in [6.45, 7) is 1.90. The Labute approximate surface area is 130 Å². The lowest BCUT2D eigenvalue weighted by Gasteiger charge is -2.06. The molecule has 0 saturated carbocycles. The quantitative estimate of drug-likeness (QED) is 0.636. The lowest BCUT2D eigenvalue weighted by atomic mass is 10.0. The molecule has 8 heteroatoms. The minimum Gasteiger partial charge on any atom is -0.462 e. The zero-order valence-electron chi connectivity index (χ0n) is 11.6. The number of alkyl halides is 3. The second kappa shape index (κ2) is 6.52. The number of esters is 1. The van der Waals surface area contributed by atoms with E-state index in [1.165, 1.54) is 12.1 Å². The van der Waals surface area contributed by atoms with E-state index in [1.54, 1.807) is 6.92 Å². The first-order valence-corrected chi connectivity index (χ1v) is 7.23. The monoisotopic (exact) mass is 325 g/mol. The number of nitrogens with zero attached hydrogens (tertiary/aromatic N) is 1. The first kappa shape index (κ1) is 16.5. The standard InChI is InChI=1S/C14H11BF3NO2S/c1-2-21-13(20)11-10(7-15)19-12(22-11)8-3-5-9(6-4-8)14(16,17)18/h3-6H,2,7H2,1H3. The molecule has 0 N–H and O–H groups in total. The number of benzene rings is 1. The molecular formula is C14H11BF3NO2S. The molecule has 3 nitrogen and oxygen atoms in total. The molecule has 2 radical (unpaired) electrons. The molecule has 1 aromatic carbocycles. The number of hydrogen-bond donors (Lipinski definition) is 0. The topological polar surface area (TPSA) is 39.2 Å². The summed E-state index contributed by atoms with van der Waals surface area (Å²) < 4.78 is 42.5. The van der Waals surface area contributed by atoms with Gasteiger partial charge in [-0.05, 0) is 25.4 Å². The van der Waals surface area contributed by atoms with Gasteiger partial charge in [0, 0.05) is 5.56 Å². The zero-order chi connectivity index (χ0) is 16.3. The van der Waals surface area contributed by atoms with Crippen molar-refractivity contribution in [3.63, 3.8) is 0 Å². The average Bonchev–Trinajstić information content (AvgIpc) is 2.91. The van der Waals surface area contributed by atoms with Crippen molar-refractivity contribution in [3.05, 3.63) is 40.4 Å². The molecule has 0 fully saturated rings. The Hall–Kier alpha value is -1.83. The molecule has 0 aliphatic rings. The highest BCUT2D eigenvalue weighted by atomic mass is 32.1. The van der Waals surface area contributed by atoms with Gasteiger partial charge in [0.2, 0.25) is 0 Å². The molecule has 0 atom stereocenters. The van der Waals surface area contributed by atoms with Crippen molar-refractivity contribution in [2.75, 3.05) is 6.61 Å². The molecule has 2 aromatic rings. The normalized spacial score (nSPS) is 11.5. The Kier molecular flexibility index (Phi) is 4.90. The summed E-state index contributed by atoms with van der Waals surface area (Å²) >= 11 is 1.05. The molecule has 22 heavy (non-hydrogen) atoms. The molecule has 0 amide bonds. The van der Waals surface area contributed by atoms with Gasteiger partial charge in [0.05, 0.1) is 25.7 Å². The Morgan fingerprint density at radius 2 is 1.95 bits per heavy atom. The van der Waals surface area contributed by atoms with Crippen molar-refractivity contribution in [1.82, 2.24) is 4.98 Å². The van der Waals surface area contributed by atoms with Crippen molar-refractivity contribution in [3.8, 4) is 10.6 Å². The van der Waals surface area contributed by atoms with Crippen molar-refractivity contribution in [2.24, 2.45) is 0 Å². The first-order chi connectivity index (χ1) is 10.4. The van der Waals surface area contributed by atoms with Crippen LogP contribution in [0.3, 0.4) is 0 Å². The number of hydrogen-bond acceptors (Lipinski definition) is 4. The summed E-state index contributed by atoms with van der Waals surface area (Å²) in [7, 11) is 5.54. The van der Waals surface area contributed by atoms with Crippen molar-refractivity contribution in [1.29, 1.82) is 0 Å². The third-order valence-corrected chi connectivity index (χ3v) is 3.94. The van der Waals surface area contributed by atoms with Gasteiger partial charge >= 0.3 is 12.1 Å². The van der Waals surface area contributed by atoms with Crippen LogP contribution in [0.1, 0.15) is 27.9 Å². The molecule has 0 saturated heterocycles. The van der Waals surface area contributed by atoms with E-state index in [4.69, 9.17) is 12.6 Å². The summed E-state index contributed by atoms with van der Waals surface area (Å²) in [5, 5.41) is 0.428. The van der Waals surface area contributed by atoms with Crippen LogP contribution in [0.5, 0.6) is 0 Å². The van der Waals surface area contributed by atoms with Gasteiger partial charge in [-0.1, -0.05) is 12.1 Å². The van der Waals surface area contributed by atoms with Gasteiger partial charge in [0.25, 0.3) is 0 Å². The highest BCUT2D eigenvalue weighted by Gasteiger charge is 2.30. The molecule has 0 bridgehead atoms. The molecule has 2 rings (SSSR count). The fourth-order valence-electron chi connectivity index (χ4n) is 1.77. The van der Waals surface area contributed by atoms with Crippen molar-refractivity contribution in [2.45, 2.75) is 19.4 Å². The molecule has 0 spiro atoms. The Bertz CT molecular complexity index is 668. The van der Waals surface area contributed by atoms with E-state index in [9.17, 15) is 18.0 Å². The molecule has 0 aliphatic heterocycles. The van der Waals surface area contributed by atoms with Gasteiger partial charge < -0.3 is 4.74 Å². The second-order valence-electron chi connectivity index (χ2n) is 4.29. The van der Waals surface area contributed by atoms with E-state index >= 15 is 0 Å². The summed E-state index contributed by atoms with van der Waals surface area (Å²) in [6.07, 6.45) is -4.34. The number of ether oxygens (including phenoxy) is 1. The highest BCUT2D eigenvalue weighted by Crippen LogP contribution is 2.33. The molecule has 1 aromatic heterocycles. The Balaban J connectivity index is 2.35. The maximum Gasteiger partial charge on any atom is 0.416 e. The number of thiazole rings is 1. The van der Waals surface area contributed by atoms with Gasteiger partial charge in [0.1, 0.15) is 9.88 Å². The van der Waals surface area contributed by atoms with Gasteiger partial charge in [-0.2, -0.15) is 13.2 Å². The smallest absolute Gasteiger partial charge is 0.416 e. The lowest BCUT2D eigenvalue weighted by molar-refractivity contribution is -0.137. The number of aromatic nitrogens is 1. The lowest BCUT2D eigenvalue weighted by Crippen LogP contribution is -2.05. The van der Waals surface area contributed by atoms with Gasteiger partial charge in [0.15, 0.2) is 0 Å². The number of rotatable bonds is 4. The fourth-order valence-corrected chi connectivity index (χ4v) is 2.76. The van der Waals surface area contributed by atoms with E-state index in [-0.39, 0.29) is 17.8 Å². The number of halogens is 3. The van der Waals surface area contributed by atoms with Crippen molar-refractivity contribution >= 4 is 25.2 Å². The van der Waals surface area contributed by atoms with Gasteiger partial charge in [-0.25, -0.2) is 9.78 Å². The largest absolute Gasteiger partial charge is 0.462 e. The predicted octanol–water partition coefficient (Wildman–Crippen LogP) is 3.67. The maximum absolute atomic E-state index is 12.5. The van der Waals surface area contributed by atoms with Crippen LogP contribution in [-0.4, -0.2) is 25.4 Å². The van der Waals surface area contributed by atoms with E-state index in [1.807, 2.05) is 0 Å². The van der Waals surface area contributed by atoms with Crippen LogP contribution in [0, 0.1) is 0 Å². The third kappa shape index (κ3) is 3.49. The van der Waals surface area contributed by atoms with Crippen LogP contribution in [0.25, 0.3) is 10.6 Å². The summed E-state index contributed by atoms with van der Waals surface area (Å²) in [6, 6.07) is 4.58. The van der Waals surface area contributed by atoms with Crippen LogP contribution in [-0.2, 0) is 17.2 Å².